The first-order valence-electron chi connectivity index (χ1n) is 6.03. The number of aliphatic carboxylic acids is 1. The smallest absolute Gasteiger partial charge is 0.303 e. The summed E-state index contributed by atoms with van der Waals surface area (Å²) >= 11 is 0. The van der Waals surface area contributed by atoms with Gasteiger partial charge in [0, 0.05) is 12.6 Å². The standard InChI is InChI=1S/C12H14N4O4/c17-11(13-6-10-2-1-5-20-10)8-16-7-9(14-15-16)3-4-12(18)19/h1-2,5,7H,3-4,6,8H2,(H,13,17)(H,18,19). The zero-order valence-corrected chi connectivity index (χ0v) is 10.7. The van der Waals surface area contributed by atoms with Gasteiger partial charge < -0.3 is 14.8 Å². The normalized spacial score (nSPS) is 10.4. The van der Waals surface area contributed by atoms with Gasteiger partial charge in [0.05, 0.1) is 24.9 Å². The van der Waals surface area contributed by atoms with Gasteiger partial charge in [-0.05, 0) is 12.1 Å². The highest BCUT2D eigenvalue weighted by molar-refractivity contribution is 5.75. The summed E-state index contributed by atoms with van der Waals surface area (Å²) in [6.45, 7) is 0.340. The van der Waals surface area contributed by atoms with E-state index in [1.165, 1.54) is 10.9 Å². The molecule has 2 rings (SSSR count). The highest BCUT2D eigenvalue weighted by atomic mass is 16.4. The molecule has 0 saturated carbocycles. The lowest BCUT2D eigenvalue weighted by Gasteiger charge is -2.02. The average molecular weight is 278 g/mol. The van der Waals surface area contributed by atoms with Crippen molar-refractivity contribution in [3.8, 4) is 0 Å². The summed E-state index contributed by atoms with van der Waals surface area (Å²) in [5.41, 5.74) is 0.547. The van der Waals surface area contributed by atoms with E-state index >= 15 is 0 Å². The number of carboxylic acids is 1. The highest BCUT2D eigenvalue weighted by Gasteiger charge is 2.08. The van der Waals surface area contributed by atoms with Crippen LogP contribution in [0.4, 0.5) is 0 Å². The Morgan fingerprint density at radius 2 is 2.30 bits per heavy atom. The van der Waals surface area contributed by atoms with Gasteiger partial charge in [-0.2, -0.15) is 0 Å². The topological polar surface area (TPSA) is 110 Å². The summed E-state index contributed by atoms with van der Waals surface area (Å²) < 4.78 is 6.46. The van der Waals surface area contributed by atoms with E-state index in [4.69, 9.17) is 9.52 Å². The van der Waals surface area contributed by atoms with Gasteiger partial charge in [-0.25, -0.2) is 4.68 Å². The minimum Gasteiger partial charge on any atom is -0.481 e. The van der Waals surface area contributed by atoms with Crippen LogP contribution in [-0.4, -0.2) is 32.0 Å². The van der Waals surface area contributed by atoms with Gasteiger partial charge in [-0.3, -0.25) is 9.59 Å². The van der Waals surface area contributed by atoms with Crippen LogP contribution in [0.2, 0.25) is 0 Å². The van der Waals surface area contributed by atoms with Crippen LogP contribution in [0.5, 0.6) is 0 Å². The molecule has 0 aliphatic heterocycles. The number of aryl methyl sites for hydroxylation is 1. The maximum atomic E-state index is 11.6. The molecule has 20 heavy (non-hydrogen) atoms. The number of carbonyl (C=O) groups excluding carboxylic acids is 1. The molecule has 0 aliphatic rings. The second kappa shape index (κ2) is 6.50. The minimum atomic E-state index is -0.893. The summed E-state index contributed by atoms with van der Waals surface area (Å²) in [7, 11) is 0. The van der Waals surface area contributed by atoms with E-state index in [1.54, 1.807) is 18.3 Å². The number of furan rings is 1. The quantitative estimate of drug-likeness (QED) is 0.748. The highest BCUT2D eigenvalue weighted by Crippen LogP contribution is 2.00. The Hall–Kier alpha value is -2.64. The Kier molecular flexibility index (Phi) is 4.48. The Balaban J connectivity index is 1.77. The van der Waals surface area contributed by atoms with E-state index in [9.17, 15) is 9.59 Å². The molecular weight excluding hydrogens is 264 g/mol. The predicted octanol–water partition coefficient (Wildman–Crippen LogP) is 0.205. The monoisotopic (exact) mass is 278 g/mol. The van der Waals surface area contributed by atoms with Crippen molar-refractivity contribution in [2.45, 2.75) is 25.9 Å². The van der Waals surface area contributed by atoms with Gasteiger partial charge >= 0.3 is 5.97 Å². The molecule has 0 unspecified atom stereocenters. The van der Waals surface area contributed by atoms with Crippen molar-refractivity contribution in [2.24, 2.45) is 0 Å². The van der Waals surface area contributed by atoms with Crippen molar-refractivity contribution in [2.75, 3.05) is 0 Å². The first-order chi connectivity index (χ1) is 9.63. The Labute approximate surface area is 114 Å². The lowest BCUT2D eigenvalue weighted by molar-refractivity contribution is -0.137. The molecule has 0 saturated heterocycles. The molecule has 0 aliphatic carbocycles. The molecule has 8 nitrogen and oxygen atoms in total. The summed E-state index contributed by atoms with van der Waals surface area (Å²) in [6.07, 6.45) is 3.38. The van der Waals surface area contributed by atoms with E-state index in [-0.39, 0.29) is 18.9 Å². The minimum absolute atomic E-state index is 0.0105. The number of carboxylic acid groups (broad SMARTS) is 1. The van der Waals surface area contributed by atoms with Crippen LogP contribution < -0.4 is 5.32 Å². The molecular formula is C12H14N4O4. The summed E-state index contributed by atoms with van der Waals surface area (Å²) in [5.74, 6) is -0.453. The first-order valence-corrected chi connectivity index (χ1v) is 6.03. The molecule has 1 amide bonds. The third kappa shape index (κ3) is 4.23. The van der Waals surface area contributed by atoms with Crippen molar-refractivity contribution in [3.63, 3.8) is 0 Å². The molecule has 0 aromatic carbocycles. The zero-order valence-electron chi connectivity index (χ0n) is 10.7. The van der Waals surface area contributed by atoms with Crippen molar-refractivity contribution in [1.82, 2.24) is 20.3 Å². The van der Waals surface area contributed by atoms with E-state index in [0.717, 1.165) is 0 Å². The van der Waals surface area contributed by atoms with Gasteiger partial charge in [0.15, 0.2) is 0 Å². The van der Waals surface area contributed by atoms with Crippen LogP contribution in [0.1, 0.15) is 17.9 Å². The summed E-state index contributed by atoms with van der Waals surface area (Å²) in [5, 5.41) is 18.8. The number of aromatic nitrogens is 3. The van der Waals surface area contributed by atoms with Crippen LogP contribution in [0.15, 0.2) is 29.0 Å². The van der Waals surface area contributed by atoms with E-state index in [0.29, 0.717) is 24.4 Å². The van der Waals surface area contributed by atoms with Gasteiger partial charge in [0.25, 0.3) is 0 Å². The largest absolute Gasteiger partial charge is 0.481 e. The Bertz CT molecular complexity index is 576. The van der Waals surface area contributed by atoms with Crippen LogP contribution in [0.3, 0.4) is 0 Å². The molecule has 2 heterocycles. The maximum Gasteiger partial charge on any atom is 0.303 e. The van der Waals surface area contributed by atoms with E-state index in [2.05, 4.69) is 15.6 Å². The van der Waals surface area contributed by atoms with Crippen molar-refractivity contribution in [3.05, 3.63) is 36.0 Å². The second-order valence-electron chi connectivity index (χ2n) is 4.16. The fourth-order valence-corrected chi connectivity index (χ4v) is 1.57. The molecule has 8 heteroatoms. The number of nitrogens with zero attached hydrogens (tertiary/aromatic N) is 3. The second-order valence-corrected chi connectivity index (χ2v) is 4.16. The third-order valence-corrected chi connectivity index (χ3v) is 2.53. The van der Waals surface area contributed by atoms with Gasteiger partial charge in [-0.15, -0.1) is 5.10 Å². The number of nitrogens with one attached hydrogen (secondary N) is 1. The number of rotatable bonds is 7. The SMILES string of the molecule is O=C(O)CCc1cn(CC(=O)NCc2ccco2)nn1. The zero-order chi connectivity index (χ0) is 14.4. The molecule has 2 aromatic rings. The maximum absolute atomic E-state index is 11.6. The molecule has 2 N–H and O–H groups in total. The number of carbonyl (C=O) groups is 2. The fraction of sp³-hybridized carbons (Fsp3) is 0.333. The first kappa shape index (κ1) is 13.8. The van der Waals surface area contributed by atoms with Crippen LogP contribution in [0.25, 0.3) is 0 Å². The summed E-state index contributed by atoms with van der Waals surface area (Å²) in [4.78, 5) is 22.1. The molecule has 106 valence electrons. The van der Waals surface area contributed by atoms with E-state index < -0.39 is 5.97 Å². The molecule has 2 aromatic heterocycles. The lowest BCUT2D eigenvalue weighted by atomic mass is 10.2. The van der Waals surface area contributed by atoms with Crippen molar-refractivity contribution < 1.29 is 19.1 Å². The third-order valence-electron chi connectivity index (χ3n) is 2.53. The van der Waals surface area contributed by atoms with Gasteiger partial charge in [-0.1, -0.05) is 5.21 Å². The Morgan fingerprint density at radius 1 is 1.45 bits per heavy atom. The summed E-state index contributed by atoms with van der Waals surface area (Å²) in [6, 6.07) is 3.51. The van der Waals surface area contributed by atoms with E-state index in [1.807, 2.05) is 0 Å². The molecule has 0 atom stereocenters. The number of hydrogen-bond donors (Lipinski definition) is 2. The van der Waals surface area contributed by atoms with Crippen LogP contribution in [0, 0.1) is 0 Å². The van der Waals surface area contributed by atoms with Gasteiger partial charge in [0.1, 0.15) is 12.3 Å². The molecule has 0 bridgehead atoms. The number of hydrogen-bond acceptors (Lipinski definition) is 5. The van der Waals surface area contributed by atoms with Crippen molar-refractivity contribution >= 4 is 11.9 Å². The van der Waals surface area contributed by atoms with Crippen LogP contribution in [-0.2, 0) is 29.1 Å². The van der Waals surface area contributed by atoms with Gasteiger partial charge in [0.2, 0.25) is 5.91 Å². The van der Waals surface area contributed by atoms with Crippen LogP contribution >= 0.6 is 0 Å². The van der Waals surface area contributed by atoms with Crippen molar-refractivity contribution in [1.29, 1.82) is 0 Å². The molecule has 0 spiro atoms. The average Bonchev–Trinajstić information content (AvgIpc) is 3.05. The molecule has 0 radical (unpaired) electrons. The number of amides is 1. The predicted molar refractivity (Wildman–Crippen MR) is 66.5 cm³/mol. The lowest BCUT2D eigenvalue weighted by Crippen LogP contribution is -2.27. The fourth-order valence-electron chi connectivity index (χ4n) is 1.57. The molecule has 0 fully saturated rings. The Morgan fingerprint density at radius 3 is 3.00 bits per heavy atom.